The first-order valence-electron chi connectivity index (χ1n) is 6.14. The van der Waals surface area contributed by atoms with Crippen LogP contribution in [0, 0.1) is 3.57 Å². The SMILES string of the molecule is CC(O/N=C(/N)c1ccsc1)C(=O)Nc1cccc(I)c1. The number of nitrogens with one attached hydrogen (secondary N) is 1. The van der Waals surface area contributed by atoms with Gasteiger partial charge in [-0.1, -0.05) is 11.2 Å². The summed E-state index contributed by atoms with van der Waals surface area (Å²) in [6.45, 7) is 1.62. The molecular weight excluding hydrogens is 401 g/mol. The molecule has 0 aliphatic rings. The molecule has 7 heteroatoms. The van der Waals surface area contributed by atoms with Crippen molar-refractivity contribution in [1.29, 1.82) is 0 Å². The van der Waals surface area contributed by atoms with E-state index in [1.165, 1.54) is 11.3 Å². The highest BCUT2D eigenvalue weighted by atomic mass is 127. The first-order valence-corrected chi connectivity index (χ1v) is 8.16. The Morgan fingerprint density at radius 2 is 2.29 bits per heavy atom. The Labute approximate surface area is 140 Å². The molecule has 0 saturated carbocycles. The Bertz CT molecular complexity index is 643. The topological polar surface area (TPSA) is 76.7 Å². The van der Waals surface area contributed by atoms with E-state index >= 15 is 0 Å². The Hall–Kier alpha value is -1.61. The molecule has 3 N–H and O–H groups in total. The molecule has 1 amide bonds. The quantitative estimate of drug-likeness (QED) is 0.341. The lowest BCUT2D eigenvalue weighted by atomic mass is 10.3. The molecule has 2 aromatic rings. The predicted octanol–water partition coefficient (Wildman–Crippen LogP) is 3.02. The van der Waals surface area contributed by atoms with Gasteiger partial charge in [-0.25, -0.2) is 0 Å². The summed E-state index contributed by atoms with van der Waals surface area (Å²) in [7, 11) is 0. The van der Waals surface area contributed by atoms with Gasteiger partial charge in [-0.15, -0.1) is 0 Å². The number of halogens is 1. The second-order valence-corrected chi connectivity index (χ2v) is 6.26. The number of thiophene rings is 1. The number of anilines is 1. The molecule has 5 nitrogen and oxygen atoms in total. The lowest BCUT2D eigenvalue weighted by Crippen LogP contribution is -2.27. The minimum atomic E-state index is -0.736. The molecule has 1 atom stereocenters. The van der Waals surface area contributed by atoms with Crippen LogP contribution in [0.2, 0.25) is 0 Å². The van der Waals surface area contributed by atoms with Crippen LogP contribution in [0.3, 0.4) is 0 Å². The summed E-state index contributed by atoms with van der Waals surface area (Å²) in [5.41, 5.74) is 7.26. The number of amidine groups is 1. The maximum atomic E-state index is 12.0. The number of carbonyl (C=O) groups excluding carboxylic acids is 1. The lowest BCUT2D eigenvalue weighted by molar-refractivity contribution is -0.126. The highest BCUT2D eigenvalue weighted by Gasteiger charge is 2.15. The van der Waals surface area contributed by atoms with Gasteiger partial charge in [-0.05, 0) is 59.2 Å². The van der Waals surface area contributed by atoms with Gasteiger partial charge in [0.1, 0.15) is 0 Å². The van der Waals surface area contributed by atoms with Gasteiger partial charge in [0.25, 0.3) is 5.91 Å². The third-order valence-corrected chi connectivity index (χ3v) is 3.94. The monoisotopic (exact) mass is 415 g/mol. The molecule has 1 aromatic heterocycles. The van der Waals surface area contributed by atoms with E-state index in [1.54, 1.807) is 6.92 Å². The third-order valence-electron chi connectivity index (χ3n) is 2.59. The van der Waals surface area contributed by atoms with Crippen LogP contribution < -0.4 is 11.1 Å². The Morgan fingerprint density at radius 3 is 2.95 bits per heavy atom. The Morgan fingerprint density at radius 1 is 1.48 bits per heavy atom. The summed E-state index contributed by atoms with van der Waals surface area (Å²) in [6.07, 6.45) is -0.736. The molecule has 110 valence electrons. The van der Waals surface area contributed by atoms with Gasteiger partial charge < -0.3 is 15.9 Å². The molecule has 21 heavy (non-hydrogen) atoms. The number of nitrogens with zero attached hydrogens (tertiary/aromatic N) is 1. The average molecular weight is 415 g/mol. The summed E-state index contributed by atoms with van der Waals surface area (Å²) in [6, 6.07) is 9.34. The van der Waals surface area contributed by atoms with Gasteiger partial charge in [-0.3, -0.25) is 4.79 Å². The maximum Gasteiger partial charge on any atom is 0.267 e. The number of nitrogens with two attached hydrogens (primary N) is 1. The maximum absolute atomic E-state index is 12.0. The first-order chi connectivity index (χ1) is 10.1. The van der Waals surface area contributed by atoms with Gasteiger partial charge in [-0.2, -0.15) is 11.3 Å². The number of hydrogen-bond acceptors (Lipinski definition) is 4. The number of amides is 1. The van der Waals surface area contributed by atoms with E-state index in [1.807, 2.05) is 41.1 Å². The third kappa shape index (κ3) is 4.71. The number of oxime groups is 1. The minimum absolute atomic E-state index is 0.255. The van der Waals surface area contributed by atoms with E-state index in [-0.39, 0.29) is 11.7 Å². The molecule has 1 aromatic carbocycles. The molecule has 0 aliphatic heterocycles. The van der Waals surface area contributed by atoms with E-state index in [0.29, 0.717) is 0 Å². The highest BCUT2D eigenvalue weighted by molar-refractivity contribution is 14.1. The van der Waals surface area contributed by atoms with Crippen LogP contribution in [0.5, 0.6) is 0 Å². The van der Waals surface area contributed by atoms with E-state index in [9.17, 15) is 4.79 Å². The van der Waals surface area contributed by atoms with Crippen LogP contribution in [0.15, 0.2) is 46.2 Å². The largest absolute Gasteiger partial charge is 0.381 e. The molecule has 0 aliphatic carbocycles. The summed E-state index contributed by atoms with van der Waals surface area (Å²) in [5, 5.41) is 10.3. The van der Waals surface area contributed by atoms with Crippen molar-refractivity contribution in [1.82, 2.24) is 0 Å². The minimum Gasteiger partial charge on any atom is -0.381 e. The van der Waals surface area contributed by atoms with Crippen molar-refractivity contribution in [2.24, 2.45) is 10.9 Å². The summed E-state index contributed by atoms with van der Waals surface area (Å²) in [5.74, 6) is -0.0240. The van der Waals surface area contributed by atoms with Crippen molar-refractivity contribution in [3.8, 4) is 0 Å². The summed E-state index contributed by atoms with van der Waals surface area (Å²) >= 11 is 3.70. The summed E-state index contributed by atoms with van der Waals surface area (Å²) < 4.78 is 1.04. The van der Waals surface area contributed by atoms with Crippen molar-refractivity contribution in [3.05, 3.63) is 50.2 Å². The standard InChI is InChI=1S/C14H14IN3O2S/c1-9(20-18-13(16)10-5-6-21-8-10)14(19)17-12-4-2-3-11(15)7-12/h2-9H,1H3,(H2,16,18)(H,17,19). The molecule has 2 rings (SSSR count). The zero-order valence-electron chi connectivity index (χ0n) is 11.2. The Balaban J connectivity index is 1.92. The van der Waals surface area contributed by atoms with Crippen molar-refractivity contribution >= 4 is 51.4 Å². The Kier molecular flexibility index (Phi) is 5.57. The fourth-order valence-electron chi connectivity index (χ4n) is 1.46. The second kappa shape index (κ2) is 7.41. The van der Waals surface area contributed by atoms with Crippen LogP contribution in [-0.2, 0) is 9.63 Å². The number of benzene rings is 1. The van der Waals surface area contributed by atoms with Crippen LogP contribution in [0.4, 0.5) is 5.69 Å². The summed E-state index contributed by atoms with van der Waals surface area (Å²) in [4.78, 5) is 17.1. The number of hydrogen-bond donors (Lipinski definition) is 2. The lowest BCUT2D eigenvalue weighted by Gasteiger charge is -2.11. The first kappa shape index (κ1) is 15.8. The zero-order chi connectivity index (χ0) is 15.2. The van der Waals surface area contributed by atoms with Crippen molar-refractivity contribution < 1.29 is 9.63 Å². The van der Waals surface area contributed by atoms with Crippen LogP contribution in [-0.4, -0.2) is 17.8 Å². The van der Waals surface area contributed by atoms with Gasteiger partial charge in [0.05, 0.1) is 0 Å². The molecule has 0 spiro atoms. The number of carbonyl (C=O) groups is 1. The molecule has 0 fully saturated rings. The van der Waals surface area contributed by atoms with E-state index in [4.69, 9.17) is 10.6 Å². The van der Waals surface area contributed by atoms with E-state index in [2.05, 4.69) is 33.1 Å². The predicted molar refractivity (Wildman–Crippen MR) is 93.4 cm³/mol. The van der Waals surface area contributed by atoms with Gasteiger partial charge >= 0.3 is 0 Å². The molecule has 0 saturated heterocycles. The fourth-order valence-corrected chi connectivity index (χ4v) is 2.65. The molecule has 0 radical (unpaired) electrons. The molecular formula is C14H14IN3O2S. The highest BCUT2D eigenvalue weighted by Crippen LogP contribution is 2.13. The van der Waals surface area contributed by atoms with Crippen LogP contribution in [0.25, 0.3) is 0 Å². The van der Waals surface area contributed by atoms with Gasteiger partial charge in [0, 0.05) is 20.2 Å². The normalized spacial score (nSPS) is 12.8. The average Bonchev–Trinajstić information content (AvgIpc) is 2.98. The molecule has 1 heterocycles. The van der Waals surface area contributed by atoms with Gasteiger partial charge in [0.2, 0.25) is 6.10 Å². The van der Waals surface area contributed by atoms with Crippen molar-refractivity contribution in [2.75, 3.05) is 5.32 Å². The number of rotatable bonds is 5. The van der Waals surface area contributed by atoms with Crippen molar-refractivity contribution in [2.45, 2.75) is 13.0 Å². The van der Waals surface area contributed by atoms with E-state index in [0.717, 1.165) is 14.8 Å². The fraction of sp³-hybridized carbons (Fsp3) is 0.143. The van der Waals surface area contributed by atoms with Crippen molar-refractivity contribution in [3.63, 3.8) is 0 Å². The second-order valence-electron chi connectivity index (χ2n) is 4.24. The zero-order valence-corrected chi connectivity index (χ0v) is 14.2. The smallest absolute Gasteiger partial charge is 0.267 e. The van der Waals surface area contributed by atoms with Crippen LogP contribution >= 0.6 is 33.9 Å². The van der Waals surface area contributed by atoms with Crippen LogP contribution in [0.1, 0.15) is 12.5 Å². The molecule has 1 unspecified atom stereocenters. The van der Waals surface area contributed by atoms with E-state index < -0.39 is 6.10 Å². The molecule has 0 bridgehead atoms. The van der Waals surface area contributed by atoms with Gasteiger partial charge in [0.15, 0.2) is 5.84 Å².